The van der Waals surface area contributed by atoms with E-state index in [-0.39, 0.29) is 5.25 Å². The number of hydrogen-bond donors (Lipinski definition) is 3. The van der Waals surface area contributed by atoms with Crippen LogP contribution in [0.1, 0.15) is 12.8 Å². The van der Waals surface area contributed by atoms with Gasteiger partial charge in [-0.05, 0) is 74.5 Å². The van der Waals surface area contributed by atoms with Crippen molar-refractivity contribution in [3.05, 3.63) is 71.8 Å². The number of fused-ring (bicyclic) bond motifs is 1. The molecular weight excluding hydrogens is 534 g/mol. The zero-order chi connectivity index (χ0) is 27.0. The van der Waals surface area contributed by atoms with Crippen LogP contribution in [0.15, 0.2) is 66.7 Å². The predicted molar refractivity (Wildman–Crippen MR) is 159 cm³/mol. The lowest BCUT2D eigenvalue weighted by atomic mass is 10.2. The molecule has 1 saturated carbocycles. The SMILES string of the molecule is CN1CCN(c2ccc(Nc3nc(Nc4ccc(Cl)cc4NS(=O)(=O)C4CC4)c4ccccc4n3)cc2)CC1. The van der Waals surface area contributed by atoms with Crippen molar-refractivity contribution in [2.24, 2.45) is 0 Å². The lowest BCUT2D eigenvalue weighted by Crippen LogP contribution is -2.44. The number of anilines is 6. The van der Waals surface area contributed by atoms with Gasteiger partial charge in [0.1, 0.15) is 5.82 Å². The number of rotatable bonds is 8. The van der Waals surface area contributed by atoms with Crippen LogP contribution in [0.2, 0.25) is 5.02 Å². The van der Waals surface area contributed by atoms with Crippen LogP contribution in [0.4, 0.5) is 34.5 Å². The van der Waals surface area contributed by atoms with Gasteiger partial charge in [-0.1, -0.05) is 23.7 Å². The van der Waals surface area contributed by atoms with E-state index < -0.39 is 10.0 Å². The molecule has 11 heteroatoms. The van der Waals surface area contributed by atoms with E-state index in [4.69, 9.17) is 21.6 Å². The standard InChI is InChI=1S/C28H30ClN7O2S/c1-35-14-16-36(17-15-35)21-9-7-20(8-10-21)30-28-32-24-5-3-2-4-23(24)27(33-28)31-25-13-6-19(29)18-26(25)34-39(37,38)22-11-12-22/h2-10,13,18,22,34H,11-12,14-17H2,1H3,(H2,30,31,32,33). The van der Waals surface area contributed by atoms with E-state index in [1.54, 1.807) is 18.2 Å². The minimum absolute atomic E-state index is 0.359. The molecule has 4 aromatic rings. The quantitative estimate of drug-likeness (QED) is 0.261. The topological polar surface area (TPSA) is 102 Å². The van der Waals surface area contributed by atoms with Gasteiger partial charge < -0.3 is 20.4 Å². The van der Waals surface area contributed by atoms with Gasteiger partial charge in [0.15, 0.2) is 0 Å². The highest BCUT2D eigenvalue weighted by Crippen LogP contribution is 2.35. The number of sulfonamides is 1. The zero-order valence-electron chi connectivity index (χ0n) is 21.6. The van der Waals surface area contributed by atoms with Gasteiger partial charge in [0, 0.05) is 48.0 Å². The largest absolute Gasteiger partial charge is 0.369 e. The molecule has 0 amide bonds. The number of nitrogens with one attached hydrogen (secondary N) is 3. The number of halogens is 1. The van der Waals surface area contributed by atoms with Crippen molar-refractivity contribution in [2.45, 2.75) is 18.1 Å². The monoisotopic (exact) mass is 563 g/mol. The van der Waals surface area contributed by atoms with Gasteiger partial charge in [0.25, 0.3) is 0 Å². The van der Waals surface area contributed by atoms with Gasteiger partial charge in [0.05, 0.1) is 22.1 Å². The van der Waals surface area contributed by atoms with E-state index in [0.717, 1.165) is 42.8 Å². The molecule has 0 atom stereocenters. The van der Waals surface area contributed by atoms with Crippen molar-refractivity contribution >= 4 is 67.0 Å². The fourth-order valence-corrected chi connectivity index (χ4v) is 6.20. The molecule has 0 radical (unpaired) electrons. The van der Waals surface area contributed by atoms with Crippen LogP contribution >= 0.6 is 11.6 Å². The fourth-order valence-electron chi connectivity index (χ4n) is 4.63. The highest BCUT2D eigenvalue weighted by atomic mass is 35.5. The average Bonchev–Trinajstić information content (AvgIpc) is 3.78. The summed E-state index contributed by atoms with van der Waals surface area (Å²) in [6.45, 7) is 4.13. The summed E-state index contributed by atoms with van der Waals surface area (Å²) in [6.07, 6.45) is 1.33. The third-order valence-electron chi connectivity index (χ3n) is 7.05. The normalized spacial score (nSPS) is 16.3. The number of para-hydroxylation sites is 1. The number of piperazine rings is 1. The predicted octanol–water partition coefficient (Wildman–Crippen LogP) is 5.43. The summed E-state index contributed by atoms with van der Waals surface area (Å²) in [5, 5.41) is 7.52. The Morgan fingerprint density at radius 1 is 0.872 bits per heavy atom. The molecule has 1 aromatic heterocycles. The minimum Gasteiger partial charge on any atom is -0.369 e. The fraction of sp³-hybridized carbons (Fsp3) is 0.286. The molecule has 1 aliphatic heterocycles. The molecule has 3 N–H and O–H groups in total. The van der Waals surface area contributed by atoms with E-state index >= 15 is 0 Å². The molecule has 2 fully saturated rings. The summed E-state index contributed by atoms with van der Waals surface area (Å²) < 4.78 is 28.0. The molecule has 39 heavy (non-hydrogen) atoms. The maximum absolute atomic E-state index is 12.7. The van der Waals surface area contributed by atoms with Crippen LogP contribution in [-0.4, -0.2) is 61.8 Å². The number of aromatic nitrogens is 2. The molecule has 0 bridgehead atoms. The summed E-state index contributed by atoms with van der Waals surface area (Å²) in [7, 11) is -1.33. The van der Waals surface area contributed by atoms with Crippen molar-refractivity contribution in [1.29, 1.82) is 0 Å². The summed E-state index contributed by atoms with van der Waals surface area (Å²) >= 11 is 6.22. The van der Waals surface area contributed by atoms with Crippen molar-refractivity contribution in [1.82, 2.24) is 14.9 Å². The average molecular weight is 564 g/mol. The van der Waals surface area contributed by atoms with E-state index in [0.29, 0.717) is 41.0 Å². The van der Waals surface area contributed by atoms with E-state index in [1.807, 2.05) is 36.4 Å². The molecular formula is C28H30ClN7O2S. The van der Waals surface area contributed by atoms with Gasteiger partial charge >= 0.3 is 0 Å². The summed E-state index contributed by atoms with van der Waals surface area (Å²) in [4.78, 5) is 14.2. The van der Waals surface area contributed by atoms with Crippen LogP contribution in [0.3, 0.4) is 0 Å². The first-order chi connectivity index (χ1) is 18.8. The van der Waals surface area contributed by atoms with Crippen molar-refractivity contribution in [3.8, 4) is 0 Å². The first-order valence-corrected chi connectivity index (χ1v) is 14.9. The Hall–Kier alpha value is -3.60. The smallest absolute Gasteiger partial charge is 0.235 e. The Morgan fingerprint density at radius 3 is 2.36 bits per heavy atom. The lowest BCUT2D eigenvalue weighted by molar-refractivity contribution is 0.313. The second kappa shape index (κ2) is 10.5. The Morgan fingerprint density at radius 2 is 1.62 bits per heavy atom. The Kier molecular flexibility index (Phi) is 6.92. The van der Waals surface area contributed by atoms with Crippen LogP contribution in [0.5, 0.6) is 0 Å². The first kappa shape index (κ1) is 25.7. The van der Waals surface area contributed by atoms with Crippen molar-refractivity contribution < 1.29 is 8.42 Å². The maximum atomic E-state index is 12.7. The first-order valence-electron chi connectivity index (χ1n) is 13.0. The third kappa shape index (κ3) is 5.88. The minimum atomic E-state index is -3.48. The third-order valence-corrected chi connectivity index (χ3v) is 9.13. The molecule has 2 heterocycles. The molecule has 1 aliphatic carbocycles. The van der Waals surface area contributed by atoms with Gasteiger partial charge in [-0.25, -0.2) is 13.4 Å². The van der Waals surface area contributed by atoms with Crippen molar-refractivity contribution in [3.63, 3.8) is 0 Å². The van der Waals surface area contributed by atoms with Crippen LogP contribution < -0.4 is 20.3 Å². The number of hydrogen-bond acceptors (Lipinski definition) is 8. The summed E-state index contributed by atoms with van der Waals surface area (Å²) in [5.74, 6) is 0.976. The number of nitrogens with zero attached hydrogens (tertiary/aromatic N) is 4. The molecule has 9 nitrogen and oxygen atoms in total. The highest BCUT2D eigenvalue weighted by molar-refractivity contribution is 7.93. The number of benzene rings is 3. The van der Waals surface area contributed by atoms with Crippen LogP contribution in [0, 0.1) is 0 Å². The Bertz CT molecular complexity index is 1600. The van der Waals surface area contributed by atoms with Gasteiger partial charge in [-0.2, -0.15) is 4.98 Å². The molecule has 3 aromatic carbocycles. The second-order valence-electron chi connectivity index (χ2n) is 10.0. The lowest BCUT2D eigenvalue weighted by Gasteiger charge is -2.34. The van der Waals surface area contributed by atoms with Gasteiger partial charge in [-0.15, -0.1) is 0 Å². The molecule has 202 valence electrons. The molecule has 6 rings (SSSR count). The molecule has 0 unspecified atom stereocenters. The second-order valence-corrected chi connectivity index (χ2v) is 12.4. The molecule has 2 aliphatic rings. The van der Waals surface area contributed by atoms with Gasteiger partial charge in [-0.3, -0.25) is 4.72 Å². The Labute approximate surface area is 233 Å². The van der Waals surface area contributed by atoms with Crippen LogP contribution in [-0.2, 0) is 10.0 Å². The van der Waals surface area contributed by atoms with Crippen molar-refractivity contribution in [2.75, 3.05) is 53.5 Å². The van der Waals surface area contributed by atoms with E-state index in [9.17, 15) is 8.42 Å². The zero-order valence-corrected chi connectivity index (χ0v) is 23.1. The Balaban J connectivity index is 1.27. The summed E-state index contributed by atoms with van der Waals surface area (Å²) in [6, 6.07) is 21.0. The summed E-state index contributed by atoms with van der Waals surface area (Å²) in [5.41, 5.74) is 3.75. The highest BCUT2D eigenvalue weighted by Gasteiger charge is 2.36. The van der Waals surface area contributed by atoms with E-state index in [2.05, 4.69) is 44.3 Å². The van der Waals surface area contributed by atoms with Gasteiger partial charge in [0.2, 0.25) is 16.0 Å². The maximum Gasteiger partial charge on any atom is 0.235 e. The molecule has 0 spiro atoms. The van der Waals surface area contributed by atoms with Crippen LogP contribution in [0.25, 0.3) is 10.9 Å². The van der Waals surface area contributed by atoms with E-state index in [1.165, 1.54) is 5.69 Å². The molecule has 1 saturated heterocycles. The number of likely N-dealkylation sites (N-methyl/N-ethyl adjacent to an activating group) is 1.